The van der Waals surface area contributed by atoms with Gasteiger partial charge in [0.2, 0.25) is 0 Å². The van der Waals surface area contributed by atoms with Crippen molar-refractivity contribution in [1.29, 1.82) is 0 Å². The Morgan fingerprint density at radius 2 is 1.95 bits per heavy atom. The lowest BCUT2D eigenvalue weighted by atomic mass is 9.90. The quantitative estimate of drug-likeness (QED) is 0.777. The zero-order valence-corrected chi connectivity index (χ0v) is 12.7. The van der Waals surface area contributed by atoms with Gasteiger partial charge in [0.1, 0.15) is 5.82 Å². The summed E-state index contributed by atoms with van der Waals surface area (Å²) in [6, 6.07) is 1.47. The van der Waals surface area contributed by atoms with Gasteiger partial charge in [-0.2, -0.15) is 0 Å². The third-order valence-corrected chi connectivity index (χ3v) is 5.16. The third-order valence-electron chi connectivity index (χ3n) is 4.93. The first-order chi connectivity index (χ1) is 9.06. The van der Waals surface area contributed by atoms with E-state index in [-0.39, 0.29) is 5.38 Å². The molecule has 0 radical (unpaired) electrons. The lowest BCUT2D eigenvalue weighted by Gasteiger charge is -2.35. The molecule has 0 aliphatic carbocycles. The van der Waals surface area contributed by atoms with E-state index in [2.05, 4.69) is 16.9 Å². The molecular weight excluding hydrogens is 258 g/mol. The number of hydrogen-bond acceptors (Lipinski definition) is 3. The summed E-state index contributed by atoms with van der Waals surface area (Å²) >= 11 is 6.14. The van der Waals surface area contributed by atoms with Crippen LogP contribution in [0.25, 0.3) is 0 Å². The molecule has 0 aromatic carbocycles. The van der Waals surface area contributed by atoms with Crippen LogP contribution in [0.1, 0.15) is 61.0 Å². The molecule has 2 bridgehead atoms. The molecule has 4 heteroatoms. The Balaban J connectivity index is 1.82. The summed E-state index contributed by atoms with van der Waals surface area (Å²) in [5.41, 5.74) is 2.10. The van der Waals surface area contributed by atoms with Crippen molar-refractivity contribution in [3.63, 3.8) is 0 Å². The molecule has 1 aromatic heterocycles. The smallest absolute Gasteiger partial charge is 0.131 e. The zero-order chi connectivity index (χ0) is 13.6. The number of hydrogen-bond donors (Lipinski definition) is 0. The summed E-state index contributed by atoms with van der Waals surface area (Å²) in [6.45, 7) is 4.02. The first-order valence-corrected chi connectivity index (χ1v) is 7.69. The minimum absolute atomic E-state index is 0.0114. The second kappa shape index (κ2) is 5.02. The molecule has 19 heavy (non-hydrogen) atoms. The summed E-state index contributed by atoms with van der Waals surface area (Å²) in [5.74, 6) is 1.57. The van der Waals surface area contributed by atoms with Gasteiger partial charge < -0.3 is 4.90 Å². The second-order valence-corrected chi connectivity index (χ2v) is 6.76. The number of fused-ring (bicyclic) bond motifs is 2. The summed E-state index contributed by atoms with van der Waals surface area (Å²) < 4.78 is 0. The molecule has 104 valence electrons. The van der Waals surface area contributed by atoms with Gasteiger partial charge in [-0.1, -0.05) is 0 Å². The molecule has 3 unspecified atom stereocenters. The third kappa shape index (κ3) is 2.38. The highest BCUT2D eigenvalue weighted by Gasteiger charge is 2.39. The summed E-state index contributed by atoms with van der Waals surface area (Å²) in [7, 11) is 2.27. The van der Waals surface area contributed by atoms with E-state index in [0.717, 1.165) is 29.2 Å². The fourth-order valence-corrected chi connectivity index (χ4v) is 3.92. The average Bonchev–Trinajstić information content (AvgIpc) is 2.61. The molecule has 1 aromatic rings. The van der Waals surface area contributed by atoms with Crippen molar-refractivity contribution in [2.45, 2.75) is 62.9 Å². The number of halogens is 1. The predicted molar refractivity (Wildman–Crippen MR) is 77.6 cm³/mol. The number of alkyl halides is 1. The van der Waals surface area contributed by atoms with Crippen LogP contribution in [0.2, 0.25) is 0 Å². The minimum atomic E-state index is -0.0114. The zero-order valence-electron chi connectivity index (χ0n) is 11.9. The highest BCUT2D eigenvalue weighted by Crippen LogP contribution is 2.41. The molecule has 0 spiro atoms. The fourth-order valence-electron chi connectivity index (χ4n) is 3.70. The van der Waals surface area contributed by atoms with Gasteiger partial charge in [-0.15, -0.1) is 11.6 Å². The average molecular weight is 280 g/mol. The van der Waals surface area contributed by atoms with E-state index in [1.807, 2.05) is 20.0 Å². The van der Waals surface area contributed by atoms with Crippen molar-refractivity contribution in [3.05, 3.63) is 23.3 Å². The number of piperidine rings is 1. The Morgan fingerprint density at radius 1 is 1.32 bits per heavy atom. The Morgan fingerprint density at radius 3 is 2.47 bits per heavy atom. The minimum Gasteiger partial charge on any atom is -0.300 e. The van der Waals surface area contributed by atoms with Gasteiger partial charge in [-0.3, -0.25) is 0 Å². The highest BCUT2D eigenvalue weighted by atomic mass is 35.5. The molecule has 3 nitrogen and oxygen atoms in total. The van der Waals surface area contributed by atoms with Gasteiger partial charge in [0.25, 0.3) is 0 Å². The molecule has 2 aliphatic rings. The number of aromatic nitrogens is 2. The van der Waals surface area contributed by atoms with Crippen molar-refractivity contribution in [2.75, 3.05) is 7.05 Å². The first-order valence-electron chi connectivity index (χ1n) is 7.25. The lowest BCUT2D eigenvalue weighted by molar-refractivity contribution is 0.159. The Bertz CT molecular complexity index is 460. The molecule has 3 atom stereocenters. The second-order valence-electron chi connectivity index (χ2n) is 6.10. The highest BCUT2D eigenvalue weighted by molar-refractivity contribution is 6.20. The predicted octanol–water partition coefficient (Wildman–Crippen LogP) is 3.43. The molecule has 3 heterocycles. The van der Waals surface area contributed by atoms with Crippen LogP contribution in [0, 0.1) is 6.92 Å². The molecule has 0 saturated carbocycles. The van der Waals surface area contributed by atoms with Gasteiger partial charge in [-0.25, -0.2) is 9.97 Å². The molecule has 2 saturated heterocycles. The number of nitrogens with zero attached hydrogens (tertiary/aromatic N) is 3. The number of aryl methyl sites for hydroxylation is 1. The Labute approximate surface area is 120 Å². The molecule has 2 fully saturated rings. The SMILES string of the molecule is Cc1nc(C2CC3CCC(C2)N3C)ncc1C(C)Cl. The van der Waals surface area contributed by atoms with Crippen LogP contribution in [0.4, 0.5) is 0 Å². The molecule has 0 N–H and O–H groups in total. The van der Waals surface area contributed by atoms with Crippen LogP contribution in [0.15, 0.2) is 6.20 Å². The van der Waals surface area contributed by atoms with Crippen molar-refractivity contribution < 1.29 is 0 Å². The van der Waals surface area contributed by atoms with E-state index in [9.17, 15) is 0 Å². The van der Waals surface area contributed by atoms with Gasteiger partial charge >= 0.3 is 0 Å². The van der Waals surface area contributed by atoms with Crippen molar-refractivity contribution in [1.82, 2.24) is 14.9 Å². The largest absolute Gasteiger partial charge is 0.300 e. The lowest BCUT2D eigenvalue weighted by Crippen LogP contribution is -2.39. The van der Waals surface area contributed by atoms with E-state index >= 15 is 0 Å². The van der Waals surface area contributed by atoms with Gasteiger partial charge in [-0.05, 0) is 46.6 Å². The molecular formula is C15H22ClN3. The Kier molecular flexibility index (Phi) is 3.52. The van der Waals surface area contributed by atoms with Crippen LogP contribution in [0.3, 0.4) is 0 Å². The van der Waals surface area contributed by atoms with Crippen LogP contribution in [-0.2, 0) is 0 Å². The monoisotopic (exact) mass is 279 g/mol. The maximum atomic E-state index is 6.14. The maximum Gasteiger partial charge on any atom is 0.131 e. The first kappa shape index (κ1) is 13.3. The van der Waals surface area contributed by atoms with Gasteiger partial charge in [0.05, 0.1) is 5.38 Å². The summed E-state index contributed by atoms with van der Waals surface area (Å²) in [4.78, 5) is 11.9. The van der Waals surface area contributed by atoms with Crippen molar-refractivity contribution in [2.24, 2.45) is 0 Å². The van der Waals surface area contributed by atoms with Crippen molar-refractivity contribution >= 4 is 11.6 Å². The van der Waals surface area contributed by atoms with Crippen molar-refractivity contribution in [3.8, 4) is 0 Å². The van der Waals surface area contributed by atoms with Crippen LogP contribution >= 0.6 is 11.6 Å². The maximum absolute atomic E-state index is 6.14. The fraction of sp³-hybridized carbons (Fsp3) is 0.733. The van der Waals surface area contributed by atoms with E-state index in [4.69, 9.17) is 16.6 Å². The van der Waals surface area contributed by atoms with E-state index in [1.54, 1.807) is 0 Å². The molecule has 2 aliphatic heterocycles. The summed E-state index contributed by atoms with van der Waals surface area (Å²) in [5, 5.41) is -0.0114. The molecule has 3 rings (SSSR count). The van der Waals surface area contributed by atoms with E-state index in [1.165, 1.54) is 25.7 Å². The van der Waals surface area contributed by atoms with E-state index < -0.39 is 0 Å². The normalized spacial score (nSPS) is 32.5. The van der Waals surface area contributed by atoms with Crippen LogP contribution < -0.4 is 0 Å². The van der Waals surface area contributed by atoms with Crippen LogP contribution in [0.5, 0.6) is 0 Å². The van der Waals surface area contributed by atoms with E-state index in [0.29, 0.717) is 5.92 Å². The standard InChI is InChI=1S/C15H22ClN3/c1-9(16)14-8-17-15(18-10(14)2)11-6-12-4-5-13(7-11)19(12)3/h8-9,11-13H,4-7H2,1-3H3. The Hall–Kier alpha value is -0.670. The van der Waals surface area contributed by atoms with Gasteiger partial charge in [0, 0.05) is 35.5 Å². The van der Waals surface area contributed by atoms with Crippen LogP contribution in [-0.4, -0.2) is 34.0 Å². The molecule has 0 amide bonds. The van der Waals surface area contributed by atoms with Gasteiger partial charge in [0.15, 0.2) is 0 Å². The topological polar surface area (TPSA) is 29.0 Å². The summed E-state index contributed by atoms with van der Waals surface area (Å²) in [6.07, 6.45) is 7.03. The number of rotatable bonds is 2.